The minimum Gasteiger partial charge on any atom is -0.349 e. The first-order valence-electron chi connectivity index (χ1n) is 8.78. The van der Waals surface area contributed by atoms with Crippen LogP contribution >= 0.6 is 12.4 Å². The van der Waals surface area contributed by atoms with Crippen LogP contribution in [0.2, 0.25) is 0 Å². The number of carbonyl (C=O) groups excluding carboxylic acids is 1. The number of hydrogen-bond acceptors (Lipinski definition) is 2. The van der Waals surface area contributed by atoms with Crippen LogP contribution in [0.15, 0.2) is 30.3 Å². The normalized spacial score (nSPS) is 20.0. The first kappa shape index (κ1) is 19.5. The molecule has 3 rings (SSSR count). The maximum Gasteiger partial charge on any atom is 0.253 e. The number of rotatable bonds is 3. The summed E-state index contributed by atoms with van der Waals surface area (Å²) in [7, 11) is 0. The van der Waals surface area contributed by atoms with Crippen LogP contribution in [0.1, 0.15) is 53.0 Å². The van der Waals surface area contributed by atoms with Gasteiger partial charge in [-0.15, -0.1) is 12.4 Å². The number of amides is 1. The third kappa shape index (κ3) is 4.07. The molecule has 0 bridgehead atoms. The molecule has 0 saturated heterocycles. The van der Waals surface area contributed by atoms with Crippen molar-refractivity contribution in [2.24, 2.45) is 5.73 Å². The van der Waals surface area contributed by atoms with Gasteiger partial charge in [0, 0.05) is 29.2 Å². The van der Waals surface area contributed by atoms with Crippen molar-refractivity contribution in [2.45, 2.75) is 58.5 Å². The molecule has 0 atom stereocenters. The summed E-state index contributed by atoms with van der Waals surface area (Å²) in [5.41, 5.74) is 11.1. The van der Waals surface area contributed by atoms with E-state index in [9.17, 15) is 4.79 Å². The number of hydrogen-bond donors (Lipinski definition) is 2. The quantitative estimate of drug-likeness (QED) is 0.872. The summed E-state index contributed by atoms with van der Waals surface area (Å²) in [4.78, 5) is 12.7. The van der Waals surface area contributed by atoms with Crippen molar-refractivity contribution in [1.82, 2.24) is 9.88 Å². The first-order valence-corrected chi connectivity index (χ1v) is 8.78. The molecule has 1 aliphatic carbocycles. The third-order valence-electron chi connectivity index (χ3n) is 5.14. The molecule has 3 N–H and O–H groups in total. The number of para-hydroxylation sites is 1. The van der Waals surface area contributed by atoms with Crippen molar-refractivity contribution >= 4 is 18.3 Å². The second-order valence-electron chi connectivity index (χ2n) is 6.99. The van der Waals surface area contributed by atoms with Crippen LogP contribution in [0.5, 0.6) is 0 Å². The highest BCUT2D eigenvalue weighted by molar-refractivity contribution is 5.96. The molecule has 1 aliphatic rings. The van der Waals surface area contributed by atoms with Gasteiger partial charge >= 0.3 is 0 Å². The summed E-state index contributed by atoms with van der Waals surface area (Å²) in [6, 6.07) is 10.8. The first-order chi connectivity index (χ1) is 11.5. The molecular weight excluding hydrogens is 334 g/mol. The molecule has 1 aromatic heterocycles. The molecule has 25 heavy (non-hydrogen) atoms. The zero-order valence-corrected chi connectivity index (χ0v) is 16.0. The molecule has 1 saturated carbocycles. The van der Waals surface area contributed by atoms with E-state index in [-0.39, 0.29) is 24.4 Å². The maximum absolute atomic E-state index is 12.7. The van der Waals surface area contributed by atoms with Crippen molar-refractivity contribution in [3.8, 4) is 5.69 Å². The van der Waals surface area contributed by atoms with Crippen LogP contribution in [0, 0.1) is 20.8 Å². The van der Waals surface area contributed by atoms with Crippen molar-refractivity contribution in [1.29, 1.82) is 0 Å². The summed E-state index contributed by atoms with van der Waals surface area (Å²) in [6.07, 6.45) is 3.94. The van der Waals surface area contributed by atoms with Crippen molar-refractivity contribution < 1.29 is 4.79 Å². The number of halogens is 1. The highest BCUT2D eigenvalue weighted by atomic mass is 35.5. The van der Waals surface area contributed by atoms with Gasteiger partial charge < -0.3 is 15.6 Å². The monoisotopic (exact) mass is 361 g/mol. The standard InChI is InChI=1S/C20H27N3O.ClH/c1-13-6-4-5-7-19(13)23-14(2)12-18(15(23)3)20(24)22-17-10-8-16(21)9-11-17;/h4-7,12,16-17H,8-11,21H2,1-3H3,(H,22,24);1H. The lowest BCUT2D eigenvalue weighted by Crippen LogP contribution is -2.40. The smallest absolute Gasteiger partial charge is 0.253 e. The maximum atomic E-state index is 12.7. The van der Waals surface area contributed by atoms with E-state index in [4.69, 9.17) is 5.73 Å². The fourth-order valence-electron chi connectivity index (χ4n) is 3.70. The summed E-state index contributed by atoms with van der Waals surface area (Å²) in [5, 5.41) is 3.20. The topological polar surface area (TPSA) is 60.0 Å². The molecule has 0 aliphatic heterocycles. The van der Waals surface area contributed by atoms with Crippen molar-refractivity contribution in [3.05, 3.63) is 52.8 Å². The average Bonchev–Trinajstić information content (AvgIpc) is 2.85. The second-order valence-corrected chi connectivity index (χ2v) is 6.99. The third-order valence-corrected chi connectivity index (χ3v) is 5.14. The number of benzene rings is 1. The predicted molar refractivity (Wildman–Crippen MR) is 105 cm³/mol. The van der Waals surface area contributed by atoms with E-state index in [1.165, 1.54) is 5.56 Å². The molecule has 136 valence electrons. The molecule has 0 spiro atoms. The summed E-state index contributed by atoms with van der Waals surface area (Å²) >= 11 is 0. The predicted octanol–water partition coefficient (Wildman–Crippen LogP) is 3.82. The van der Waals surface area contributed by atoms with Gasteiger partial charge in [-0.2, -0.15) is 0 Å². The van der Waals surface area contributed by atoms with E-state index in [0.29, 0.717) is 6.04 Å². The van der Waals surface area contributed by atoms with Gasteiger partial charge in [0.25, 0.3) is 5.91 Å². The fraction of sp³-hybridized carbons (Fsp3) is 0.450. The SMILES string of the molecule is Cc1ccccc1-n1c(C)cc(C(=O)NC2CCC(N)CC2)c1C.Cl. The van der Waals surface area contributed by atoms with E-state index in [1.54, 1.807) is 0 Å². The molecule has 1 fully saturated rings. The Labute approximate surface area is 156 Å². The van der Waals surface area contributed by atoms with Gasteiger partial charge in [0.2, 0.25) is 0 Å². The Bertz CT molecular complexity index is 745. The average molecular weight is 362 g/mol. The van der Waals surface area contributed by atoms with Crippen LogP contribution in [0.4, 0.5) is 0 Å². The highest BCUT2D eigenvalue weighted by Crippen LogP contribution is 2.24. The van der Waals surface area contributed by atoms with Gasteiger partial charge in [0.05, 0.1) is 5.56 Å². The molecule has 1 amide bonds. The minimum absolute atomic E-state index is 0. The number of aryl methyl sites for hydroxylation is 2. The second kappa shape index (κ2) is 8.07. The van der Waals surface area contributed by atoms with Crippen molar-refractivity contribution in [2.75, 3.05) is 0 Å². The molecule has 0 unspecified atom stereocenters. The number of nitrogens with zero attached hydrogens (tertiary/aromatic N) is 1. The highest BCUT2D eigenvalue weighted by Gasteiger charge is 2.23. The van der Waals surface area contributed by atoms with Crippen LogP contribution in [0.25, 0.3) is 5.69 Å². The zero-order chi connectivity index (χ0) is 17.3. The lowest BCUT2D eigenvalue weighted by molar-refractivity contribution is 0.0925. The largest absolute Gasteiger partial charge is 0.349 e. The molecule has 0 radical (unpaired) electrons. The number of nitrogens with one attached hydrogen (secondary N) is 1. The van der Waals surface area contributed by atoms with E-state index in [0.717, 1.165) is 48.3 Å². The van der Waals surface area contributed by atoms with Gasteiger partial charge in [-0.05, 0) is 64.2 Å². The molecule has 4 nitrogen and oxygen atoms in total. The number of aromatic nitrogens is 1. The van der Waals surface area contributed by atoms with Crippen LogP contribution in [0.3, 0.4) is 0 Å². The van der Waals surface area contributed by atoms with E-state index in [1.807, 2.05) is 25.1 Å². The van der Waals surface area contributed by atoms with Crippen LogP contribution in [-0.4, -0.2) is 22.6 Å². The molecule has 1 aromatic carbocycles. The Balaban J connectivity index is 0.00000225. The van der Waals surface area contributed by atoms with E-state index >= 15 is 0 Å². The van der Waals surface area contributed by atoms with Gasteiger partial charge in [-0.3, -0.25) is 4.79 Å². The summed E-state index contributed by atoms with van der Waals surface area (Å²) < 4.78 is 2.17. The summed E-state index contributed by atoms with van der Waals surface area (Å²) in [5.74, 6) is 0.0309. The Morgan fingerprint density at radius 1 is 1.12 bits per heavy atom. The van der Waals surface area contributed by atoms with Gasteiger partial charge in [-0.25, -0.2) is 0 Å². The number of nitrogens with two attached hydrogens (primary N) is 1. The Hall–Kier alpha value is -1.78. The lowest BCUT2D eigenvalue weighted by Gasteiger charge is -2.26. The van der Waals surface area contributed by atoms with Gasteiger partial charge in [-0.1, -0.05) is 18.2 Å². The van der Waals surface area contributed by atoms with E-state index < -0.39 is 0 Å². The fourth-order valence-corrected chi connectivity index (χ4v) is 3.70. The number of carbonyl (C=O) groups is 1. The van der Waals surface area contributed by atoms with Gasteiger partial charge in [0.1, 0.15) is 0 Å². The van der Waals surface area contributed by atoms with Gasteiger partial charge in [0.15, 0.2) is 0 Å². The lowest BCUT2D eigenvalue weighted by atomic mass is 9.91. The minimum atomic E-state index is 0. The molecule has 5 heteroatoms. The summed E-state index contributed by atoms with van der Waals surface area (Å²) in [6.45, 7) is 6.17. The Kier molecular flexibility index (Phi) is 6.31. The molecular formula is C20H28ClN3O. The van der Waals surface area contributed by atoms with E-state index in [2.05, 4.69) is 35.9 Å². The molecule has 1 heterocycles. The zero-order valence-electron chi connectivity index (χ0n) is 15.2. The Morgan fingerprint density at radius 2 is 1.76 bits per heavy atom. The van der Waals surface area contributed by atoms with Crippen LogP contribution in [-0.2, 0) is 0 Å². The van der Waals surface area contributed by atoms with Crippen LogP contribution < -0.4 is 11.1 Å². The van der Waals surface area contributed by atoms with Crippen molar-refractivity contribution in [3.63, 3.8) is 0 Å². The Morgan fingerprint density at radius 3 is 2.40 bits per heavy atom. The molecule has 2 aromatic rings.